The Morgan fingerprint density at radius 1 is 1.33 bits per heavy atom. The minimum atomic E-state index is -0.367. The second kappa shape index (κ2) is 8.07. The largest absolute Gasteiger partial charge is 0.395 e. The molecule has 1 fully saturated rings. The van der Waals surface area contributed by atoms with E-state index in [-0.39, 0.29) is 24.9 Å². The van der Waals surface area contributed by atoms with Crippen molar-refractivity contribution < 1.29 is 14.9 Å². The third kappa shape index (κ3) is 5.63. The van der Waals surface area contributed by atoms with E-state index in [9.17, 15) is 5.11 Å². The third-order valence-corrected chi connectivity index (χ3v) is 3.30. The van der Waals surface area contributed by atoms with Crippen LogP contribution in [0.25, 0.3) is 0 Å². The molecule has 0 aliphatic carbocycles. The summed E-state index contributed by atoms with van der Waals surface area (Å²) in [6, 6.07) is 0. The van der Waals surface area contributed by atoms with Gasteiger partial charge in [-0.25, -0.2) is 0 Å². The van der Waals surface area contributed by atoms with Gasteiger partial charge in [0.1, 0.15) is 0 Å². The molecule has 0 radical (unpaired) electrons. The Balaban J connectivity index is 2.32. The van der Waals surface area contributed by atoms with Crippen molar-refractivity contribution in [3.05, 3.63) is 0 Å². The van der Waals surface area contributed by atoms with Gasteiger partial charge in [0, 0.05) is 32.7 Å². The van der Waals surface area contributed by atoms with Gasteiger partial charge in [-0.05, 0) is 20.4 Å². The van der Waals surface area contributed by atoms with Crippen molar-refractivity contribution in [2.75, 3.05) is 45.9 Å². The number of aliphatic hydroxyl groups excluding tert-OH is 2. The van der Waals surface area contributed by atoms with Crippen molar-refractivity contribution in [3.8, 4) is 0 Å². The van der Waals surface area contributed by atoms with E-state index in [2.05, 4.69) is 23.6 Å². The van der Waals surface area contributed by atoms with Gasteiger partial charge < -0.3 is 14.9 Å². The van der Waals surface area contributed by atoms with Crippen molar-refractivity contribution in [2.24, 2.45) is 0 Å². The predicted octanol–water partition coefficient (Wildman–Crippen LogP) is -0.229. The Bertz CT molecular complexity index is 218. The summed E-state index contributed by atoms with van der Waals surface area (Å²) in [5, 5.41) is 19.0. The van der Waals surface area contributed by atoms with E-state index in [4.69, 9.17) is 9.84 Å². The molecule has 0 aromatic rings. The average Bonchev–Trinajstić information content (AvgIpc) is 2.26. The molecule has 18 heavy (non-hydrogen) atoms. The van der Waals surface area contributed by atoms with Crippen LogP contribution in [0.1, 0.15) is 20.8 Å². The first-order chi connectivity index (χ1) is 8.55. The van der Waals surface area contributed by atoms with Crippen molar-refractivity contribution in [3.63, 3.8) is 0 Å². The Morgan fingerprint density at radius 2 is 1.94 bits per heavy atom. The summed E-state index contributed by atoms with van der Waals surface area (Å²) in [7, 11) is 0. The van der Waals surface area contributed by atoms with Crippen LogP contribution in [0.2, 0.25) is 0 Å². The molecular weight excluding hydrogens is 232 g/mol. The molecule has 108 valence electrons. The highest BCUT2D eigenvalue weighted by atomic mass is 16.5. The van der Waals surface area contributed by atoms with Crippen LogP contribution < -0.4 is 0 Å². The molecule has 0 aromatic carbocycles. The molecule has 3 atom stereocenters. The van der Waals surface area contributed by atoms with Gasteiger partial charge in [0.05, 0.1) is 24.9 Å². The summed E-state index contributed by atoms with van der Waals surface area (Å²) in [5.41, 5.74) is 0. The van der Waals surface area contributed by atoms with Crippen LogP contribution in [-0.4, -0.2) is 84.2 Å². The monoisotopic (exact) mass is 260 g/mol. The minimum Gasteiger partial charge on any atom is -0.395 e. The Labute approximate surface area is 110 Å². The Hall–Kier alpha value is -0.200. The van der Waals surface area contributed by atoms with E-state index < -0.39 is 0 Å². The fourth-order valence-corrected chi connectivity index (χ4v) is 2.61. The molecule has 1 saturated heterocycles. The SMILES string of the molecule is CCN(CCO)CC(O)CN1CC(C)OC(C)C1. The Morgan fingerprint density at radius 3 is 2.44 bits per heavy atom. The van der Waals surface area contributed by atoms with Crippen molar-refractivity contribution >= 4 is 0 Å². The summed E-state index contributed by atoms with van der Waals surface area (Å²) in [6.07, 6.45) is 0.107. The first-order valence-corrected chi connectivity index (χ1v) is 6.94. The maximum atomic E-state index is 10.1. The van der Waals surface area contributed by atoms with Gasteiger partial charge in [0.15, 0.2) is 0 Å². The minimum absolute atomic E-state index is 0.145. The van der Waals surface area contributed by atoms with Gasteiger partial charge in [0.2, 0.25) is 0 Å². The first-order valence-electron chi connectivity index (χ1n) is 6.94. The van der Waals surface area contributed by atoms with Crippen LogP contribution in [0.4, 0.5) is 0 Å². The zero-order valence-electron chi connectivity index (χ0n) is 11.9. The van der Waals surface area contributed by atoms with E-state index in [1.54, 1.807) is 0 Å². The van der Waals surface area contributed by atoms with E-state index in [1.807, 2.05) is 6.92 Å². The van der Waals surface area contributed by atoms with Crippen LogP contribution in [-0.2, 0) is 4.74 Å². The molecular formula is C13H28N2O3. The van der Waals surface area contributed by atoms with Crippen LogP contribution in [0.3, 0.4) is 0 Å². The maximum absolute atomic E-state index is 10.1. The zero-order chi connectivity index (χ0) is 13.5. The molecule has 0 amide bonds. The number of β-amino-alcohol motifs (C(OH)–C–C–N with tert-alkyl or cyclic N) is 1. The molecule has 0 aromatic heterocycles. The lowest BCUT2D eigenvalue weighted by Gasteiger charge is -2.36. The van der Waals surface area contributed by atoms with E-state index >= 15 is 0 Å². The summed E-state index contributed by atoms with van der Waals surface area (Å²) < 4.78 is 5.67. The standard InChI is InChI=1S/C13H28N2O3/c1-4-14(5-6-16)9-13(17)10-15-7-11(2)18-12(3)8-15/h11-13,16-17H,4-10H2,1-3H3. The molecule has 2 N–H and O–H groups in total. The van der Waals surface area contributed by atoms with E-state index in [0.29, 0.717) is 19.6 Å². The highest BCUT2D eigenvalue weighted by molar-refractivity contribution is 4.76. The molecule has 0 saturated carbocycles. The second-order valence-electron chi connectivity index (χ2n) is 5.25. The topological polar surface area (TPSA) is 56.2 Å². The number of rotatable bonds is 7. The van der Waals surface area contributed by atoms with Crippen LogP contribution in [0.5, 0.6) is 0 Å². The molecule has 0 spiro atoms. The molecule has 1 rings (SSSR count). The highest BCUT2D eigenvalue weighted by Gasteiger charge is 2.24. The summed E-state index contributed by atoms with van der Waals surface area (Å²) in [4.78, 5) is 4.33. The molecule has 1 aliphatic rings. The van der Waals surface area contributed by atoms with Crippen molar-refractivity contribution in [1.29, 1.82) is 0 Å². The first kappa shape index (κ1) is 15.9. The lowest BCUT2D eigenvalue weighted by Crippen LogP contribution is -2.49. The summed E-state index contributed by atoms with van der Waals surface area (Å²) in [6.45, 7) is 10.9. The fraction of sp³-hybridized carbons (Fsp3) is 1.00. The van der Waals surface area contributed by atoms with Crippen LogP contribution >= 0.6 is 0 Å². The molecule has 0 bridgehead atoms. The van der Waals surface area contributed by atoms with Gasteiger partial charge in [-0.2, -0.15) is 0 Å². The van der Waals surface area contributed by atoms with E-state index in [1.165, 1.54) is 0 Å². The average molecular weight is 260 g/mol. The Kier molecular flexibility index (Phi) is 7.11. The van der Waals surface area contributed by atoms with Gasteiger partial charge in [-0.1, -0.05) is 6.92 Å². The number of likely N-dealkylation sites (N-methyl/N-ethyl adjacent to an activating group) is 1. The molecule has 1 heterocycles. The quantitative estimate of drug-likeness (QED) is 0.662. The van der Waals surface area contributed by atoms with Crippen LogP contribution in [0, 0.1) is 0 Å². The predicted molar refractivity (Wildman–Crippen MR) is 71.7 cm³/mol. The fourth-order valence-electron chi connectivity index (χ4n) is 2.61. The van der Waals surface area contributed by atoms with Gasteiger partial charge in [0.25, 0.3) is 0 Å². The lowest BCUT2D eigenvalue weighted by atomic mass is 10.2. The maximum Gasteiger partial charge on any atom is 0.0793 e. The highest BCUT2D eigenvalue weighted by Crippen LogP contribution is 2.11. The van der Waals surface area contributed by atoms with Gasteiger partial charge >= 0.3 is 0 Å². The number of aliphatic hydroxyl groups is 2. The number of nitrogens with zero attached hydrogens (tertiary/aromatic N) is 2. The summed E-state index contributed by atoms with van der Waals surface area (Å²) in [5.74, 6) is 0. The lowest BCUT2D eigenvalue weighted by molar-refractivity contribution is -0.0780. The molecule has 5 nitrogen and oxygen atoms in total. The summed E-state index contributed by atoms with van der Waals surface area (Å²) >= 11 is 0. The van der Waals surface area contributed by atoms with Gasteiger partial charge in [-0.15, -0.1) is 0 Å². The number of hydrogen-bond donors (Lipinski definition) is 2. The van der Waals surface area contributed by atoms with E-state index in [0.717, 1.165) is 19.6 Å². The molecule has 3 unspecified atom stereocenters. The number of ether oxygens (including phenoxy) is 1. The van der Waals surface area contributed by atoms with Gasteiger partial charge in [-0.3, -0.25) is 9.80 Å². The number of morpholine rings is 1. The molecule has 5 heteroatoms. The number of hydrogen-bond acceptors (Lipinski definition) is 5. The molecule has 1 aliphatic heterocycles. The van der Waals surface area contributed by atoms with Crippen LogP contribution in [0.15, 0.2) is 0 Å². The van der Waals surface area contributed by atoms with Crippen molar-refractivity contribution in [1.82, 2.24) is 9.80 Å². The smallest absolute Gasteiger partial charge is 0.0793 e. The third-order valence-electron chi connectivity index (χ3n) is 3.30. The van der Waals surface area contributed by atoms with Crippen molar-refractivity contribution in [2.45, 2.75) is 39.1 Å². The normalized spacial score (nSPS) is 27.7. The zero-order valence-corrected chi connectivity index (χ0v) is 11.9. The second-order valence-corrected chi connectivity index (χ2v) is 5.25.